The van der Waals surface area contributed by atoms with E-state index in [1.807, 2.05) is 30.9 Å². The molecule has 1 fully saturated rings. The Hall–Kier alpha value is -2.70. The van der Waals surface area contributed by atoms with E-state index in [0.717, 1.165) is 41.9 Å². The summed E-state index contributed by atoms with van der Waals surface area (Å²) in [5.74, 6) is 0.707. The second-order valence-corrected chi connectivity index (χ2v) is 6.73. The van der Waals surface area contributed by atoms with E-state index in [1.54, 1.807) is 6.20 Å². The number of hydrogen-bond donors (Lipinski definition) is 1. The molecule has 7 heteroatoms. The summed E-state index contributed by atoms with van der Waals surface area (Å²) in [5.41, 5.74) is 3.48. The highest BCUT2D eigenvalue weighted by molar-refractivity contribution is 5.80. The van der Waals surface area contributed by atoms with Crippen molar-refractivity contribution in [2.75, 3.05) is 6.54 Å². The highest BCUT2D eigenvalue weighted by Crippen LogP contribution is 2.31. The van der Waals surface area contributed by atoms with Crippen molar-refractivity contribution >= 4 is 11.8 Å². The zero-order valence-electron chi connectivity index (χ0n) is 15.4. The molecule has 1 atom stereocenters. The van der Waals surface area contributed by atoms with Crippen molar-refractivity contribution in [2.45, 2.75) is 52.6 Å². The smallest absolute Gasteiger partial charge is 0.227 e. The molecule has 0 bridgehead atoms. The van der Waals surface area contributed by atoms with E-state index in [9.17, 15) is 9.59 Å². The predicted octanol–water partition coefficient (Wildman–Crippen LogP) is 2.23. The number of amides is 2. The second kappa shape index (κ2) is 7.68. The molecule has 1 saturated heterocycles. The van der Waals surface area contributed by atoms with Crippen LogP contribution in [-0.2, 0) is 22.6 Å². The molecule has 0 saturated carbocycles. The number of rotatable bonds is 5. The van der Waals surface area contributed by atoms with E-state index >= 15 is 0 Å². The maximum atomic E-state index is 12.8. The number of nitrogens with one attached hydrogen (secondary N) is 1. The zero-order chi connectivity index (χ0) is 18.7. The van der Waals surface area contributed by atoms with Gasteiger partial charge in [0.25, 0.3) is 0 Å². The van der Waals surface area contributed by atoms with Gasteiger partial charge in [-0.15, -0.1) is 0 Å². The molecule has 1 aliphatic rings. The van der Waals surface area contributed by atoms with Gasteiger partial charge in [0.05, 0.1) is 23.9 Å². The number of hydrogen-bond acceptors (Lipinski definition) is 5. The fourth-order valence-electron chi connectivity index (χ4n) is 3.34. The molecule has 7 nitrogen and oxygen atoms in total. The molecule has 138 valence electrons. The number of likely N-dealkylation sites (tertiary alicyclic amines) is 1. The van der Waals surface area contributed by atoms with Gasteiger partial charge in [0.2, 0.25) is 11.8 Å². The summed E-state index contributed by atoms with van der Waals surface area (Å²) in [6.07, 6.45) is 3.94. The van der Waals surface area contributed by atoms with Gasteiger partial charge in [0.15, 0.2) is 0 Å². The first-order chi connectivity index (χ1) is 12.5. The molecule has 3 heterocycles. The first kappa shape index (κ1) is 18.1. The fraction of sp³-hybridized carbons (Fsp3) is 0.474. The van der Waals surface area contributed by atoms with Gasteiger partial charge in [-0.3, -0.25) is 14.6 Å². The summed E-state index contributed by atoms with van der Waals surface area (Å²) < 4.78 is 5.16. The predicted molar refractivity (Wildman–Crippen MR) is 95.1 cm³/mol. The van der Waals surface area contributed by atoms with Crippen LogP contribution >= 0.6 is 0 Å². The van der Waals surface area contributed by atoms with E-state index in [2.05, 4.69) is 15.5 Å². The standard InChI is InChI=1S/C19H24N4O3/c1-12-16(13(2)26-22-12)9-19(25)23-8-4-5-18(23)17-7-6-15(11-21-17)10-20-14(3)24/h6-7,11,18H,4-5,8-10H2,1-3H3,(H,20,24)/t18-/m0/s1. The van der Waals surface area contributed by atoms with Gasteiger partial charge in [-0.25, -0.2) is 0 Å². The Kier molecular flexibility index (Phi) is 5.35. The maximum Gasteiger partial charge on any atom is 0.227 e. The lowest BCUT2D eigenvalue weighted by Gasteiger charge is -2.24. The van der Waals surface area contributed by atoms with Crippen molar-refractivity contribution in [3.05, 3.63) is 46.6 Å². The van der Waals surface area contributed by atoms with Crippen molar-refractivity contribution in [1.82, 2.24) is 20.4 Å². The molecule has 2 aromatic heterocycles. The first-order valence-electron chi connectivity index (χ1n) is 8.86. The summed E-state index contributed by atoms with van der Waals surface area (Å²) >= 11 is 0. The normalized spacial score (nSPS) is 16.7. The lowest BCUT2D eigenvalue weighted by atomic mass is 10.1. The van der Waals surface area contributed by atoms with E-state index in [-0.39, 0.29) is 17.9 Å². The minimum Gasteiger partial charge on any atom is -0.361 e. The Morgan fingerprint density at radius 3 is 2.77 bits per heavy atom. The van der Waals surface area contributed by atoms with Crippen molar-refractivity contribution in [1.29, 1.82) is 0 Å². The highest BCUT2D eigenvalue weighted by Gasteiger charge is 2.31. The Bertz CT molecular complexity index is 778. The Morgan fingerprint density at radius 1 is 1.35 bits per heavy atom. The maximum absolute atomic E-state index is 12.8. The third-order valence-corrected chi connectivity index (χ3v) is 4.81. The molecular weight excluding hydrogens is 332 g/mol. The highest BCUT2D eigenvalue weighted by atomic mass is 16.5. The average Bonchev–Trinajstić information content (AvgIpc) is 3.23. The third-order valence-electron chi connectivity index (χ3n) is 4.81. The molecule has 1 N–H and O–H groups in total. The first-order valence-corrected chi connectivity index (χ1v) is 8.86. The summed E-state index contributed by atoms with van der Waals surface area (Å²) in [6.45, 7) is 6.38. The quantitative estimate of drug-likeness (QED) is 0.887. The molecule has 0 spiro atoms. The molecule has 1 aliphatic heterocycles. The lowest BCUT2D eigenvalue weighted by Crippen LogP contribution is -2.32. The summed E-state index contributed by atoms with van der Waals surface area (Å²) in [5, 5.41) is 6.68. The van der Waals surface area contributed by atoms with Gasteiger partial charge >= 0.3 is 0 Å². The topological polar surface area (TPSA) is 88.3 Å². The Morgan fingerprint density at radius 2 is 2.15 bits per heavy atom. The summed E-state index contributed by atoms with van der Waals surface area (Å²) in [7, 11) is 0. The molecule has 2 amide bonds. The van der Waals surface area contributed by atoms with Gasteiger partial charge < -0.3 is 14.7 Å². The van der Waals surface area contributed by atoms with Gasteiger partial charge in [0, 0.05) is 31.8 Å². The third kappa shape index (κ3) is 3.92. The van der Waals surface area contributed by atoms with Crippen LogP contribution in [0.3, 0.4) is 0 Å². The summed E-state index contributed by atoms with van der Waals surface area (Å²) in [4.78, 5) is 30.3. The molecule has 0 aromatic carbocycles. The van der Waals surface area contributed by atoms with E-state index in [1.165, 1.54) is 6.92 Å². The van der Waals surface area contributed by atoms with Crippen LogP contribution in [0.1, 0.15) is 54.1 Å². The molecule has 2 aromatic rings. The zero-order valence-corrected chi connectivity index (χ0v) is 15.4. The molecule has 0 unspecified atom stereocenters. The van der Waals surface area contributed by atoms with Crippen LogP contribution in [0.4, 0.5) is 0 Å². The minimum absolute atomic E-state index is 0.00205. The van der Waals surface area contributed by atoms with Gasteiger partial charge in [-0.1, -0.05) is 11.2 Å². The van der Waals surface area contributed by atoms with Crippen LogP contribution < -0.4 is 5.32 Å². The van der Waals surface area contributed by atoms with Crippen LogP contribution in [0.15, 0.2) is 22.9 Å². The van der Waals surface area contributed by atoms with Crippen molar-refractivity contribution in [2.24, 2.45) is 0 Å². The largest absolute Gasteiger partial charge is 0.361 e. The lowest BCUT2D eigenvalue weighted by molar-refractivity contribution is -0.131. The molecule has 0 radical (unpaired) electrons. The van der Waals surface area contributed by atoms with Crippen molar-refractivity contribution in [3.8, 4) is 0 Å². The van der Waals surface area contributed by atoms with E-state index in [4.69, 9.17) is 4.52 Å². The molecule has 3 rings (SSSR count). The van der Waals surface area contributed by atoms with Crippen LogP contribution in [0, 0.1) is 13.8 Å². The Labute approximate surface area is 152 Å². The number of aromatic nitrogens is 2. The van der Waals surface area contributed by atoms with Crippen LogP contribution in [0.25, 0.3) is 0 Å². The Balaban J connectivity index is 1.69. The van der Waals surface area contributed by atoms with Crippen LogP contribution in [0.2, 0.25) is 0 Å². The van der Waals surface area contributed by atoms with Crippen LogP contribution in [-0.4, -0.2) is 33.4 Å². The van der Waals surface area contributed by atoms with Crippen LogP contribution in [0.5, 0.6) is 0 Å². The summed E-state index contributed by atoms with van der Waals surface area (Å²) in [6, 6.07) is 3.90. The van der Waals surface area contributed by atoms with Gasteiger partial charge in [-0.05, 0) is 38.3 Å². The van der Waals surface area contributed by atoms with Gasteiger partial charge in [0.1, 0.15) is 5.76 Å². The average molecular weight is 356 g/mol. The minimum atomic E-state index is -0.0686. The fourth-order valence-corrected chi connectivity index (χ4v) is 3.34. The molecule has 0 aliphatic carbocycles. The van der Waals surface area contributed by atoms with Gasteiger partial charge in [-0.2, -0.15) is 0 Å². The SMILES string of the molecule is CC(=O)NCc1ccc([C@@H]2CCCN2C(=O)Cc2c(C)noc2C)nc1. The molecular formula is C19H24N4O3. The monoisotopic (exact) mass is 356 g/mol. The number of carbonyl (C=O) groups excluding carboxylic acids is 2. The van der Waals surface area contributed by atoms with E-state index < -0.39 is 0 Å². The molecule has 26 heavy (non-hydrogen) atoms. The number of carbonyl (C=O) groups is 2. The number of aryl methyl sites for hydroxylation is 2. The number of pyridine rings is 1. The number of nitrogens with zero attached hydrogens (tertiary/aromatic N) is 3. The van der Waals surface area contributed by atoms with Crippen molar-refractivity contribution < 1.29 is 14.1 Å². The van der Waals surface area contributed by atoms with E-state index in [0.29, 0.717) is 18.7 Å². The second-order valence-electron chi connectivity index (χ2n) is 6.73. The van der Waals surface area contributed by atoms with Crippen molar-refractivity contribution in [3.63, 3.8) is 0 Å².